The number of aromatic nitrogens is 1. The maximum absolute atomic E-state index is 9.77. The standard InChI is InChI=1S/C22H16N2OS/c1-2-25-20-12-11-15-7-3-4-8-17(15)18(20)13-16(14-23)22-24-19-9-5-6-10-21(19)26-22/h3-13H,2H2,1H3. The largest absolute Gasteiger partial charge is 0.493 e. The Kier molecular flexibility index (Phi) is 4.39. The Labute approximate surface area is 155 Å². The number of nitriles is 1. The van der Waals surface area contributed by atoms with E-state index in [1.807, 2.05) is 61.5 Å². The lowest BCUT2D eigenvalue weighted by molar-refractivity contribution is 0.340. The summed E-state index contributed by atoms with van der Waals surface area (Å²) in [4.78, 5) is 4.62. The molecular formula is C22H16N2OS. The lowest BCUT2D eigenvalue weighted by Crippen LogP contribution is -1.95. The molecule has 0 spiro atoms. The predicted molar refractivity (Wildman–Crippen MR) is 108 cm³/mol. The molecule has 4 aromatic rings. The van der Waals surface area contributed by atoms with Crippen LogP contribution < -0.4 is 4.74 Å². The predicted octanol–water partition coefficient (Wildman–Crippen LogP) is 5.91. The molecule has 1 aromatic heterocycles. The molecule has 4 heteroatoms. The quantitative estimate of drug-likeness (QED) is 0.427. The second-order valence-electron chi connectivity index (χ2n) is 5.79. The van der Waals surface area contributed by atoms with E-state index in [9.17, 15) is 5.26 Å². The summed E-state index contributed by atoms with van der Waals surface area (Å²) in [5, 5.41) is 12.7. The van der Waals surface area contributed by atoms with Crippen molar-refractivity contribution in [2.75, 3.05) is 6.61 Å². The third-order valence-corrected chi connectivity index (χ3v) is 5.23. The van der Waals surface area contributed by atoms with Crippen LogP contribution in [0.1, 0.15) is 17.5 Å². The van der Waals surface area contributed by atoms with Gasteiger partial charge in [-0.05, 0) is 42.0 Å². The van der Waals surface area contributed by atoms with Crippen molar-refractivity contribution in [2.45, 2.75) is 6.92 Å². The highest BCUT2D eigenvalue weighted by atomic mass is 32.1. The monoisotopic (exact) mass is 356 g/mol. The van der Waals surface area contributed by atoms with E-state index >= 15 is 0 Å². The Bertz CT molecular complexity index is 1130. The topological polar surface area (TPSA) is 45.9 Å². The molecule has 26 heavy (non-hydrogen) atoms. The fourth-order valence-electron chi connectivity index (χ4n) is 2.98. The number of ether oxygens (including phenoxy) is 1. The van der Waals surface area contributed by atoms with Gasteiger partial charge in [0.05, 0.1) is 22.4 Å². The molecular weight excluding hydrogens is 340 g/mol. The molecule has 0 aliphatic heterocycles. The fourth-order valence-corrected chi connectivity index (χ4v) is 3.91. The van der Waals surface area contributed by atoms with Gasteiger partial charge in [0.1, 0.15) is 16.8 Å². The third kappa shape index (κ3) is 2.94. The normalized spacial score (nSPS) is 11.6. The van der Waals surface area contributed by atoms with Gasteiger partial charge in [-0.15, -0.1) is 11.3 Å². The molecule has 3 aromatic carbocycles. The molecule has 0 atom stereocenters. The first kappa shape index (κ1) is 16.3. The van der Waals surface area contributed by atoms with Crippen LogP contribution >= 0.6 is 11.3 Å². The van der Waals surface area contributed by atoms with Gasteiger partial charge in [0.25, 0.3) is 0 Å². The summed E-state index contributed by atoms with van der Waals surface area (Å²) in [6, 6.07) is 22.4. The molecule has 0 bridgehead atoms. The Hall–Kier alpha value is -3.16. The summed E-state index contributed by atoms with van der Waals surface area (Å²) in [7, 11) is 0. The number of allylic oxidation sites excluding steroid dienone is 1. The Morgan fingerprint density at radius 3 is 2.73 bits per heavy atom. The number of para-hydroxylation sites is 1. The van der Waals surface area contributed by atoms with Crippen LogP contribution in [-0.2, 0) is 0 Å². The molecule has 0 N–H and O–H groups in total. The summed E-state index contributed by atoms with van der Waals surface area (Å²) < 4.78 is 6.89. The minimum atomic E-state index is 0.545. The van der Waals surface area contributed by atoms with Crippen LogP contribution in [0.2, 0.25) is 0 Å². The minimum absolute atomic E-state index is 0.545. The van der Waals surface area contributed by atoms with Crippen LogP contribution in [-0.4, -0.2) is 11.6 Å². The number of hydrogen-bond donors (Lipinski definition) is 0. The molecule has 0 radical (unpaired) electrons. The Morgan fingerprint density at radius 1 is 1.12 bits per heavy atom. The van der Waals surface area contributed by atoms with Crippen molar-refractivity contribution >= 4 is 44.0 Å². The lowest BCUT2D eigenvalue weighted by atomic mass is 10.0. The van der Waals surface area contributed by atoms with Crippen molar-refractivity contribution in [2.24, 2.45) is 0 Å². The Balaban J connectivity index is 1.92. The van der Waals surface area contributed by atoms with E-state index in [0.717, 1.165) is 37.3 Å². The first-order valence-corrected chi connectivity index (χ1v) is 9.24. The highest BCUT2D eigenvalue weighted by Gasteiger charge is 2.12. The van der Waals surface area contributed by atoms with E-state index < -0.39 is 0 Å². The van der Waals surface area contributed by atoms with Crippen molar-refractivity contribution < 1.29 is 4.74 Å². The number of hydrogen-bond acceptors (Lipinski definition) is 4. The number of thiazole rings is 1. The van der Waals surface area contributed by atoms with E-state index in [-0.39, 0.29) is 0 Å². The summed E-state index contributed by atoms with van der Waals surface area (Å²) in [5.74, 6) is 0.778. The van der Waals surface area contributed by atoms with E-state index in [2.05, 4.69) is 23.2 Å². The molecule has 0 unspecified atom stereocenters. The summed E-state index contributed by atoms with van der Waals surface area (Å²) >= 11 is 1.53. The summed E-state index contributed by atoms with van der Waals surface area (Å²) in [5.41, 5.74) is 2.38. The van der Waals surface area contributed by atoms with Crippen LogP contribution in [0.15, 0.2) is 60.7 Å². The summed E-state index contributed by atoms with van der Waals surface area (Å²) in [6.45, 7) is 2.53. The second-order valence-corrected chi connectivity index (χ2v) is 6.82. The van der Waals surface area contributed by atoms with Crippen molar-refractivity contribution in [3.8, 4) is 11.8 Å². The maximum atomic E-state index is 9.77. The minimum Gasteiger partial charge on any atom is -0.493 e. The first-order valence-electron chi connectivity index (χ1n) is 8.42. The van der Waals surface area contributed by atoms with Crippen LogP contribution in [0.25, 0.3) is 32.6 Å². The number of benzene rings is 3. The molecule has 0 aliphatic carbocycles. The first-order chi connectivity index (χ1) is 12.8. The average Bonchev–Trinajstić information content (AvgIpc) is 3.11. The summed E-state index contributed by atoms with van der Waals surface area (Å²) in [6.07, 6.45) is 1.89. The lowest BCUT2D eigenvalue weighted by Gasteiger charge is -2.11. The van der Waals surface area contributed by atoms with Crippen molar-refractivity contribution in [1.82, 2.24) is 4.98 Å². The van der Waals surface area contributed by atoms with Gasteiger partial charge in [0, 0.05) is 5.56 Å². The number of nitrogens with zero attached hydrogens (tertiary/aromatic N) is 2. The Morgan fingerprint density at radius 2 is 1.92 bits per heavy atom. The zero-order valence-corrected chi connectivity index (χ0v) is 15.1. The number of fused-ring (bicyclic) bond motifs is 2. The second kappa shape index (κ2) is 6.99. The zero-order chi connectivity index (χ0) is 17.9. The van der Waals surface area contributed by atoms with Crippen molar-refractivity contribution in [1.29, 1.82) is 5.26 Å². The SMILES string of the molecule is CCOc1ccc2ccccc2c1C=C(C#N)c1nc2ccccc2s1. The molecule has 126 valence electrons. The van der Waals surface area contributed by atoms with Crippen LogP contribution in [0.4, 0.5) is 0 Å². The van der Waals surface area contributed by atoms with E-state index in [0.29, 0.717) is 12.2 Å². The molecule has 0 fully saturated rings. The van der Waals surface area contributed by atoms with Crippen molar-refractivity contribution in [3.63, 3.8) is 0 Å². The van der Waals surface area contributed by atoms with Gasteiger partial charge in [-0.1, -0.05) is 42.5 Å². The zero-order valence-electron chi connectivity index (χ0n) is 14.3. The third-order valence-electron chi connectivity index (χ3n) is 4.16. The number of rotatable bonds is 4. The van der Waals surface area contributed by atoms with Crippen LogP contribution in [0.3, 0.4) is 0 Å². The van der Waals surface area contributed by atoms with Crippen LogP contribution in [0, 0.1) is 11.3 Å². The molecule has 0 saturated heterocycles. The van der Waals surface area contributed by atoms with Gasteiger partial charge in [0.2, 0.25) is 0 Å². The average molecular weight is 356 g/mol. The van der Waals surface area contributed by atoms with Gasteiger partial charge in [-0.3, -0.25) is 0 Å². The van der Waals surface area contributed by atoms with E-state index in [4.69, 9.17) is 4.74 Å². The van der Waals surface area contributed by atoms with E-state index in [1.165, 1.54) is 11.3 Å². The molecule has 0 saturated carbocycles. The highest BCUT2D eigenvalue weighted by molar-refractivity contribution is 7.19. The van der Waals surface area contributed by atoms with Crippen molar-refractivity contribution in [3.05, 3.63) is 71.2 Å². The smallest absolute Gasteiger partial charge is 0.135 e. The fraction of sp³-hybridized carbons (Fsp3) is 0.0909. The molecule has 0 aliphatic rings. The van der Waals surface area contributed by atoms with Crippen LogP contribution in [0.5, 0.6) is 5.75 Å². The van der Waals surface area contributed by atoms with E-state index in [1.54, 1.807) is 0 Å². The molecule has 4 rings (SSSR count). The van der Waals surface area contributed by atoms with Gasteiger partial charge in [-0.25, -0.2) is 4.98 Å². The molecule has 3 nitrogen and oxygen atoms in total. The maximum Gasteiger partial charge on any atom is 0.135 e. The molecule has 1 heterocycles. The van der Waals surface area contributed by atoms with Gasteiger partial charge in [0.15, 0.2) is 0 Å². The van der Waals surface area contributed by atoms with Gasteiger partial charge in [-0.2, -0.15) is 5.26 Å². The van der Waals surface area contributed by atoms with Gasteiger partial charge < -0.3 is 4.74 Å². The molecule has 0 amide bonds. The van der Waals surface area contributed by atoms with Gasteiger partial charge >= 0.3 is 0 Å². The highest BCUT2D eigenvalue weighted by Crippen LogP contribution is 2.34.